The molecule has 0 radical (unpaired) electrons. The maximum absolute atomic E-state index is 5.70. The van der Waals surface area contributed by atoms with E-state index in [1.807, 2.05) is 0 Å². The molecule has 0 fully saturated rings. The van der Waals surface area contributed by atoms with Crippen molar-refractivity contribution in [3.05, 3.63) is 45.6 Å². The summed E-state index contributed by atoms with van der Waals surface area (Å²) in [5, 5.41) is 3.49. The topological polar surface area (TPSA) is 21.3 Å². The minimum Gasteiger partial charge on any atom is -0.496 e. The highest BCUT2D eigenvalue weighted by atomic mass is 79.9. The number of hydrogen-bond acceptors (Lipinski definition) is 2. The highest BCUT2D eigenvalue weighted by Crippen LogP contribution is 2.30. The standard InChI is InChI=1S/C14H18BrNO/c1-3-16-14(13-5-4-8-17-13)12-9-11(15)7-6-10(12)2/h5-7,9,14,16H,3-4,8H2,1-2H3. The monoisotopic (exact) mass is 295 g/mol. The summed E-state index contributed by atoms with van der Waals surface area (Å²) in [4.78, 5) is 0. The van der Waals surface area contributed by atoms with Gasteiger partial charge >= 0.3 is 0 Å². The van der Waals surface area contributed by atoms with Crippen LogP contribution in [0.15, 0.2) is 34.5 Å². The molecule has 0 spiro atoms. The zero-order chi connectivity index (χ0) is 12.3. The summed E-state index contributed by atoms with van der Waals surface area (Å²) in [5.74, 6) is 1.06. The highest BCUT2D eigenvalue weighted by Gasteiger charge is 2.21. The molecule has 0 aliphatic carbocycles. The van der Waals surface area contributed by atoms with Crippen molar-refractivity contribution in [1.29, 1.82) is 0 Å². The van der Waals surface area contributed by atoms with Crippen molar-refractivity contribution in [2.45, 2.75) is 26.3 Å². The molecule has 2 rings (SSSR count). The van der Waals surface area contributed by atoms with E-state index >= 15 is 0 Å². The molecular weight excluding hydrogens is 278 g/mol. The molecule has 92 valence electrons. The average molecular weight is 296 g/mol. The van der Waals surface area contributed by atoms with Crippen LogP contribution in [-0.2, 0) is 4.74 Å². The van der Waals surface area contributed by atoms with Crippen molar-refractivity contribution in [3.8, 4) is 0 Å². The number of likely N-dealkylation sites (N-methyl/N-ethyl adjacent to an activating group) is 1. The molecule has 0 aromatic heterocycles. The Bertz CT molecular complexity index is 428. The summed E-state index contributed by atoms with van der Waals surface area (Å²) in [6.07, 6.45) is 3.21. The fourth-order valence-corrected chi connectivity index (χ4v) is 2.51. The first-order chi connectivity index (χ1) is 8.22. The Morgan fingerprint density at radius 2 is 2.29 bits per heavy atom. The molecule has 1 atom stereocenters. The van der Waals surface area contributed by atoms with Gasteiger partial charge in [0.25, 0.3) is 0 Å². The average Bonchev–Trinajstić information content (AvgIpc) is 2.83. The SMILES string of the molecule is CCNC(C1=CCCO1)c1cc(Br)ccc1C. The highest BCUT2D eigenvalue weighted by molar-refractivity contribution is 9.10. The third-order valence-corrected chi connectivity index (χ3v) is 3.47. The second-order valence-corrected chi connectivity index (χ2v) is 5.15. The Hall–Kier alpha value is -0.800. The Labute approximate surface area is 111 Å². The van der Waals surface area contributed by atoms with E-state index in [1.165, 1.54) is 11.1 Å². The molecule has 1 N–H and O–H groups in total. The van der Waals surface area contributed by atoms with Crippen molar-refractivity contribution < 1.29 is 4.74 Å². The van der Waals surface area contributed by atoms with Gasteiger partial charge in [0, 0.05) is 10.9 Å². The van der Waals surface area contributed by atoms with Gasteiger partial charge in [0.2, 0.25) is 0 Å². The second kappa shape index (κ2) is 5.69. The molecule has 3 heteroatoms. The fourth-order valence-electron chi connectivity index (χ4n) is 2.13. The van der Waals surface area contributed by atoms with Crippen LogP contribution >= 0.6 is 15.9 Å². The molecule has 2 nitrogen and oxygen atoms in total. The smallest absolute Gasteiger partial charge is 0.114 e. The zero-order valence-corrected chi connectivity index (χ0v) is 11.9. The van der Waals surface area contributed by atoms with Gasteiger partial charge in [-0.15, -0.1) is 0 Å². The Morgan fingerprint density at radius 1 is 1.47 bits per heavy atom. The van der Waals surface area contributed by atoms with Gasteiger partial charge in [-0.1, -0.05) is 28.9 Å². The maximum atomic E-state index is 5.70. The largest absolute Gasteiger partial charge is 0.496 e. The van der Waals surface area contributed by atoms with Crippen LogP contribution in [0.5, 0.6) is 0 Å². The lowest BCUT2D eigenvalue weighted by molar-refractivity contribution is 0.216. The Balaban J connectivity index is 2.34. The summed E-state index contributed by atoms with van der Waals surface area (Å²) >= 11 is 3.54. The third-order valence-electron chi connectivity index (χ3n) is 2.98. The normalized spacial score (nSPS) is 16.5. The van der Waals surface area contributed by atoms with Gasteiger partial charge in [-0.3, -0.25) is 0 Å². The molecule has 1 unspecified atom stereocenters. The third kappa shape index (κ3) is 2.90. The molecule has 17 heavy (non-hydrogen) atoms. The van der Waals surface area contributed by atoms with E-state index in [0.717, 1.165) is 29.8 Å². The summed E-state index contributed by atoms with van der Waals surface area (Å²) < 4.78 is 6.81. The first-order valence-corrected chi connectivity index (χ1v) is 6.84. The van der Waals surface area contributed by atoms with Crippen LogP contribution in [0.1, 0.15) is 30.5 Å². The number of rotatable bonds is 4. The molecular formula is C14H18BrNO. The second-order valence-electron chi connectivity index (χ2n) is 4.24. The van der Waals surface area contributed by atoms with Gasteiger partial charge in [-0.25, -0.2) is 0 Å². The fraction of sp³-hybridized carbons (Fsp3) is 0.429. The van der Waals surface area contributed by atoms with E-state index in [2.05, 4.69) is 59.4 Å². The minimum absolute atomic E-state index is 0.181. The van der Waals surface area contributed by atoms with Crippen molar-refractivity contribution in [2.75, 3.05) is 13.2 Å². The Morgan fingerprint density at radius 3 is 2.94 bits per heavy atom. The van der Waals surface area contributed by atoms with Gasteiger partial charge in [-0.05, 0) is 42.8 Å². The summed E-state index contributed by atoms with van der Waals surface area (Å²) in [7, 11) is 0. The number of hydrogen-bond donors (Lipinski definition) is 1. The molecule has 1 heterocycles. The van der Waals surface area contributed by atoms with Crippen LogP contribution < -0.4 is 5.32 Å². The molecule has 1 aliphatic heterocycles. The summed E-state index contributed by atoms with van der Waals surface area (Å²) in [6.45, 7) is 6.00. The van der Waals surface area contributed by atoms with Crippen molar-refractivity contribution in [3.63, 3.8) is 0 Å². The van der Waals surface area contributed by atoms with E-state index in [4.69, 9.17) is 4.74 Å². The molecule has 0 saturated carbocycles. The van der Waals surface area contributed by atoms with Crippen LogP contribution in [0.2, 0.25) is 0 Å². The van der Waals surface area contributed by atoms with Crippen molar-refractivity contribution >= 4 is 15.9 Å². The van der Waals surface area contributed by atoms with Crippen LogP contribution in [-0.4, -0.2) is 13.2 Å². The van der Waals surface area contributed by atoms with E-state index in [-0.39, 0.29) is 6.04 Å². The molecule has 1 aromatic carbocycles. The van der Waals surface area contributed by atoms with E-state index in [1.54, 1.807) is 0 Å². The predicted octanol–water partition coefficient (Wildman–Crippen LogP) is 3.71. The minimum atomic E-state index is 0.181. The van der Waals surface area contributed by atoms with Crippen molar-refractivity contribution in [1.82, 2.24) is 5.32 Å². The van der Waals surface area contributed by atoms with Gasteiger partial charge < -0.3 is 10.1 Å². The van der Waals surface area contributed by atoms with Gasteiger partial charge in [0.1, 0.15) is 5.76 Å². The lowest BCUT2D eigenvalue weighted by atomic mass is 9.99. The van der Waals surface area contributed by atoms with Crippen LogP contribution in [0.3, 0.4) is 0 Å². The maximum Gasteiger partial charge on any atom is 0.114 e. The summed E-state index contributed by atoms with van der Waals surface area (Å²) in [5.41, 5.74) is 2.57. The summed E-state index contributed by atoms with van der Waals surface area (Å²) in [6, 6.07) is 6.57. The number of halogens is 1. The quantitative estimate of drug-likeness (QED) is 0.914. The van der Waals surface area contributed by atoms with E-state index in [9.17, 15) is 0 Å². The Kier molecular flexibility index (Phi) is 4.24. The molecule has 0 saturated heterocycles. The van der Waals surface area contributed by atoms with E-state index < -0.39 is 0 Å². The number of benzene rings is 1. The number of nitrogens with one attached hydrogen (secondary N) is 1. The number of ether oxygens (including phenoxy) is 1. The first-order valence-electron chi connectivity index (χ1n) is 6.04. The zero-order valence-electron chi connectivity index (χ0n) is 10.3. The van der Waals surface area contributed by atoms with Crippen LogP contribution in [0.25, 0.3) is 0 Å². The van der Waals surface area contributed by atoms with Crippen molar-refractivity contribution in [2.24, 2.45) is 0 Å². The lowest BCUT2D eigenvalue weighted by Crippen LogP contribution is -2.23. The first kappa shape index (κ1) is 12.7. The molecule has 1 aliphatic rings. The van der Waals surface area contributed by atoms with E-state index in [0.29, 0.717) is 0 Å². The van der Waals surface area contributed by atoms with Crippen LogP contribution in [0.4, 0.5) is 0 Å². The predicted molar refractivity (Wildman–Crippen MR) is 73.9 cm³/mol. The van der Waals surface area contributed by atoms with Gasteiger partial charge in [0.05, 0.1) is 12.6 Å². The lowest BCUT2D eigenvalue weighted by Gasteiger charge is -2.21. The molecule has 0 bridgehead atoms. The molecule has 0 amide bonds. The number of aryl methyl sites for hydroxylation is 1. The van der Waals surface area contributed by atoms with Gasteiger partial charge in [0.15, 0.2) is 0 Å². The molecule has 1 aromatic rings. The van der Waals surface area contributed by atoms with Gasteiger partial charge in [-0.2, -0.15) is 0 Å². The van der Waals surface area contributed by atoms with Crippen LogP contribution in [0, 0.1) is 6.92 Å².